The molecule has 3 heterocycles. The Hall–Kier alpha value is -2.79. The molecule has 0 amide bonds. The molecule has 2 aliphatic rings. The van der Waals surface area contributed by atoms with Gasteiger partial charge in [0.25, 0.3) is 0 Å². The van der Waals surface area contributed by atoms with E-state index in [1.807, 2.05) is 0 Å². The summed E-state index contributed by atoms with van der Waals surface area (Å²) in [4.78, 5) is 16.4. The predicted octanol–water partition coefficient (Wildman–Crippen LogP) is 3.15. The van der Waals surface area contributed by atoms with E-state index in [0.717, 1.165) is 0 Å². The second-order valence-electron chi connectivity index (χ2n) is 7.03. The molecule has 12 heteroatoms. The average molecular weight is 472 g/mol. The number of esters is 1. The van der Waals surface area contributed by atoms with Crippen molar-refractivity contribution in [1.29, 1.82) is 0 Å². The van der Waals surface area contributed by atoms with Crippen LogP contribution in [0.2, 0.25) is 5.15 Å². The molecular weight excluding hydrogens is 456 g/mol. The normalized spacial score (nSPS) is 21.6. The highest BCUT2D eigenvalue weighted by atomic mass is 35.5. The molecule has 2 aromatic rings. The van der Waals surface area contributed by atoms with Gasteiger partial charge in [-0.15, -0.1) is 0 Å². The summed E-state index contributed by atoms with van der Waals surface area (Å²) in [5.41, 5.74) is 1.31. The standard InChI is InChI=1S/C19H16ClF2N3O5S/c1-10-14(16(20)25(24-10)12-6-7-31(27,28)9-12)8-15-18(26)30-17(23-15)11-2-4-13(5-3-11)29-19(21)22/h2-5,8,12,19H,6-7,9H2,1H3/b15-8+/t12-/m0/s1. The van der Waals surface area contributed by atoms with Crippen molar-refractivity contribution in [2.75, 3.05) is 11.5 Å². The summed E-state index contributed by atoms with van der Waals surface area (Å²) in [5, 5.41) is 4.54. The van der Waals surface area contributed by atoms with Gasteiger partial charge in [0, 0.05) is 11.1 Å². The Morgan fingerprint density at radius 3 is 2.65 bits per heavy atom. The first-order chi connectivity index (χ1) is 14.6. The summed E-state index contributed by atoms with van der Waals surface area (Å²) in [6, 6.07) is 5.11. The lowest BCUT2D eigenvalue weighted by Crippen LogP contribution is -2.12. The Bertz CT molecular complexity index is 1210. The number of sulfone groups is 1. The first kappa shape index (κ1) is 21.4. The first-order valence-electron chi connectivity index (χ1n) is 9.16. The van der Waals surface area contributed by atoms with Crippen LogP contribution in [-0.2, 0) is 19.4 Å². The zero-order valence-corrected chi connectivity index (χ0v) is 17.7. The number of carbonyl (C=O) groups excluding carboxylic acids is 1. The van der Waals surface area contributed by atoms with Crippen LogP contribution in [0.1, 0.15) is 29.3 Å². The number of hydrogen-bond acceptors (Lipinski definition) is 7. The highest BCUT2D eigenvalue weighted by Gasteiger charge is 2.32. The van der Waals surface area contributed by atoms with Crippen molar-refractivity contribution in [3.63, 3.8) is 0 Å². The Morgan fingerprint density at radius 1 is 1.32 bits per heavy atom. The van der Waals surface area contributed by atoms with Crippen LogP contribution in [0.15, 0.2) is 35.0 Å². The van der Waals surface area contributed by atoms with E-state index < -0.39 is 22.4 Å². The average Bonchev–Trinajstić information content (AvgIpc) is 3.33. The number of alkyl halides is 2. The van der Waals surface area contributed by atoms with Crippen LogP contribution in [0.3, 0.4) is 0 Å². The van der Waals surface area contributed by atoms with Gasteiger partial charge in [0.2, 0.25) is 5.90 Å². The molecule has 0 aliphatic carbocycles. The molecular formula is C19H16ClF2N3O5S. The van der Waals surface area contributed by atoms with E-state index in [-0.39, 0.29) is 40.0 Å². The van der Waals surface area contributed by atoms with E-state index in [1.54, 1.807) is 6.92 Å². The van der Waals surface area contributed by atoms with Gasteiger partial charge in [0.05, 0.1) is 23.2 Å². The van der Waals surface area contributed by atoms with Gasteiger partial charge in [-0.3, -0.25) is 0 Å². The lowest BCUT2D eigenvalue weighted by atomic mass is 10.2. The Kier molecular flexibility index (Phi) is 5.56. The van der Waals surface area contributed by atoms with Crippen LogP contribution in [0, 0.1) is 6.92 Å². The largest absolute Gasteiger partial charge is 0.435 e. The summed E-state index contributed by atoms with van der Waals surface area (Å²) in [6.07, 6.45) is 1.84. The number of cyclic esters (lactones) is 1. The van der Waals surface area contributed by atoms with Crippen molar-refractivity contribution >= 4 is 39.4 Å². The summed E-state index contributed by atoms with van der Waals surface area (Å²) >= 11 is 6.43. The van der Waals surface area contributed by atoms with Gasteiger partial charge in [-0.05, 0) is 43.7 Å². The van der Waals surface area contributed by atoms with Gasteiger partial charge < -0.3 is 9.47 Å². The van der Waals surface area contributed by atoms with Crippen molar-refractivity contribution in [1.82, 2.24) is 9.78 Å². The van der Waals surface area contributed by atoms with Crippen LogP contribution < -0.4 is 4.74 Å². The number of carbonyl (C=O) groups is 1. The van der Waals surface area contributed by atoms with E-state index in [0.29, 0.717) is 23.2 Å². The molecule has 8 nitrogen and oxygen atoms in total. The lowest BCUT2D eigenvalue weighted by molar-refractivity contribution is -0.129. The minimum atomic E-state index is -3.12. The summed E-state index contributed by atoms with van der Waals surface area (Å²) in [6.45, 7) is -1.26. The number of aromatic nitrogens is 2. The third-order valence-electron chi connectivity index (χ3n) is 4.85. The molecule has 1 atom stereocenters. The molecule has 0 saturated carbocycles. The minimum Gasteiger partial charge on any atom is -0.435 e. The Labute approximate surface area is 181 Å². The summed E-state index contributed by atoms with van der Waals surface area (Å²) in [7, 11) is -3.12. The van der Waals surface area contributed by atoms with E-state index in [9.17, 15) is 22.0 Å². The highest BCUT2D eigenvalue weighted by Crippen LogP contribution is 2.32. The third kappa shape index (κ3) is 4.47. The summed E-state index contributed by atoms with van der Waals surface area (Å²) in [5.74, 6) is -0.718. The molecule has 0 spiro atoms. The van der Waals surface area contributed by atoms with Crippen LogP contribution in [0.25, 0.3) is 6.08 Å². The maximum absolute atomic E-state index is 12.3. The number of benzene rings is 1. The van der Waals surface area contributed by atoms with Crippen molar-refractivity contribution < 1.29 is 31.5 Å². The topological polar surface area (TPSA) is 99.8 Å². The van der Waals surface area contributed by atoms with Gasteiger partial charge in [-0.1, -0.05) is 11.6 Å². The van der Waals surface area contributed by atoms with Crippen LogP contribution >= 0.6 is 11.6 Å². The fraction of sp³-hybridized carbons (Fsp3) is 0.316. The van der Waals surface area contributed by atoms with Crippen molar-refractivity contribution in [3.8, 4) is 5.75 Å². The molecule has 0 unspecified atom stereocenters. The Balaban J connectivity index is 1.60. The second-order valence-corrected chi connectivity index (χ2v) is 9.62. The van der Waals surface area contributed by atoms with Crippen molar-refractivity contribution in [2.24, 2.45) is 4.99 Å². The van der Waals surface area contributed by atoms with Gasteiger partial charge in [0.15, 0.2) is 15.5 Å². The van der Waals surface area contributed by atoms with Crippen molar-refractivity contribution in [3.05, 3.63) is 51.9 Å². The van der Waals surface area contributed by atoms with Gasteiger partial charge in [0.1, 0.15) is 10.9 Å². The summed E-state index contributed by atoms with van der Waals surface area (Å²) < 4.78 is 59.0. The van der Waals surface area contributed by atoms with Crippen molar-refractivity contribution in [2.45, 2.75) is 26.0 Å². The van der Waals surface area contributed by atoms with Crippen LogP contribution in [0.4, 0.5) is 8.78 Å². The SMILES string of the molecule is Cc1nn([C@H]2CCS(=O)(=O)C2)c(Cl)c1/C=C1/N=C(c2ccc(OC(F)F)cc2)OC1=O. The number of halogens is 3. The third-order valence-corrected chi connectivity index (χ3v) is 6.98. The number of hydrogen-bond donors (Lipinski definition) is 0. The van der Waals surface area contributed by atoms with Crippen LogP contribution in [-0.4, -0.2) is 48.2 Å². The maximum Gasteiger partial charge on any atom is 0.387 e. The predicted molar refractivity (Wildman–Crippen MR) is 108 cm³/mol. The number of rotatable bonds is 5. The number of aliphatic imine (C=N–C) groups is 1. The zero-order valence-electron chi connectivity index (χ0n) is 16.1. The highest BCUT2D eigenvalue weighted by molar-refractivity contribution is 7.91. The second kappa shape index (κ2) is 8.04. The van der Waals surface area contributed by atoms with E-state index >= 15 is 0 Å². The fourth-order valence-electron chi connectivity index (χ4n) is 3.35. The molecule has 2 aliphatic heterocycles. The number of nitrogens with zero attached hydrogens (tertiary/aromatic N) is 3. The first-order valence-corrected chi connectivity index (χ1v) is 11.4. The zero-order chi connectivity index (χ0) is 22.3. The maximum atomic E-state index is 12.3. The molecule has 1 aromatic carbocycles. The quantitative estimate of drug-likeness (QED) is 0.490. The number of aryl methyl sites for hydroxylation is 1. The van der Waals surface area contributed by atoms with E-state index in [4.69, 9.17) is 16.3 Å². The lowest BCUT2D eigenvalue weighted by Gasteiger charge is -2.09. The molecule has 1 aromatic heterocycles. The van der Waals surface area contributed by atoms with Gasteiger partial charge >= 0.3 is 12.6 Å². The molecule has 4 rings (SSSR count). The Morgan fingerprint density at radius 2 is 2.03 bits per heavy atom. The molecule has 31 heavy (non-hydrogen) atoms. The van der Waals surface area contributed by atoms with Gasteiger partial charge in [-0.25, -0.2) is 22.9 Å². The molecule has 0 bridgehead atoms. The molecule has 0 radical (unpaired) electrons. The molecule has 1 fully saturated rings. The fourth-order valence-corrected chi connectivity index (χ4v) is 5.41. The molecule has 164 valence electrons. The number of ether oxygens (including phenoxy) is 2. The molecule has 1 saturated heterocycles. The van der Waals surface area contributed by atoms with Crippen LogP contribution in [0.5, 0.6) is 5.75 Å². The smallest absolute Gasteiger partial charge is 0.387 e. The van der Waals surface area contributed by atoms with Gasteiger partial charge in [-0.2, -0.15) is 13.9 Å². The monoisotopic (exact) mass is 471 g/mol. The van der Waals surface area contributed by atoms with E-state index in [1.165, 1.54) is 35.0 Å². The molecule has 0 N–H and O–H groups in total. The minimum absolute atomic E-state index is 0.00269. The van der Waals surface area contributed by atoms with E-state index in [2.05, 4.69) is 14.8 Å².